The van der Waals surface area contributed by atoms with E-state index in [2.05, 4.69) is 4.98 Å². The second-order valence-corrected chi connectivity index (χ2v) is 3.52. The smallest absolute Gasteiger partial charge is 0.200 e. The molecular weight excluding hydrogens is 190 g/mol. The van der Waals surface area contributed by atoms with E-state index in [0.29, 0.717) is 11.8 Å². The lowest BCUT2D eigenvalue weighted by atomic mass is 10.1. The molecule has 2 rings (SSSR count). The monoisotopic (exact) mass is 201 g/mol. The van der Waals surface area contributed by atoms with Gasteiger partial charge in [-0.05, 0) is 13.3 Å². The van der Waals surface area contributed by atoms with Crippen molar-refractivity contribution >= 4 is 11.6 Å². The Hall–Kier alpha value is -0.540. The third-order valence-electron chi connectivity index (χ3n) is 2.31. The molecular formula is C9H12ClNO2. The highest BCUT2D eigenvalue weighted by molar-refractivity contribution is 6.16. The highest BCUT2D eigenvalue weighted by atomic mass is 35.5. The highest BCUT2D eigenvalue weighted by Crippen LogP contribution is 2.26. The van der Waals surface area contributed by atoms with E-state index in [0.717, 1.165) is 37.0 Å². The van der Waals surface area contributed by atoms with Gasteiger partial charge in [-0.3, -0.25) is 0 Å². The van der Waals surface area contributed by atoms with Gasteiger partial charge in [-0.25, -0.2) is 4.98 Å². The minimum Gasteiger partial charge on any atom is -0.444 e. The molecule has 0 bridgehead atoms. The van der Waals surface area contributed by atoms with Gasteiger partial charge in [0.2, 0.25) is 0 Å². The number of aryl methyl sites for hydroxylation is 1. The van der Waals surface area contributed by atoms with Crippen molar-refractivity contribution in [2.45, 2.75) is 25.1 Å². The van der Waals surface area contributed by atoms with Crippen molar-refractivity contribution < 1.29 is 9.15 Å². The number of hydrogen-bond acceptors (Lipinski definition) is 3. The van der Waals surface area contributed by atoms with E-state index in [1.54, 1.807) is 0 Å². The van der Waals surface area contributed by atoms with E-state index in [1.165, 1.54) is 0 Å². The number of halogens is 1. The lowest BCUT2D eigenvalue weighted by Gasteiger charge is -1.99. The van der Waals surface area contributed by atoms with E-state index in [1.807, 2.05) is 6.92 Å². The zero-order valence-electron chi connectivity index (χ0n) is 7.55. The Morgan fingerprint density at radius 2 is 2.46 bits per heavy atom. The molecule has 0 aromatic carbocycles. The fourth-order valence-corrected chi connectivity index (χ4v) is 1.73. The number of aromatic nitrogens is 1. The van der Waals surface area contributed by atoms with E-state index in [9.17, 15) is 0 Å². The Morgan fingerprint density at radius 1 is 1.62 bits per heavy atom. The van der Waals surface area contributed by atoms with Crippen molar-refractivity contribution in [2.24, 2.45) is 0 Å². The maximum Gasteiger partial charge on any atom is 0.200 e. The summed E-state index contributed by atoms with van der Waals surface area (Å²) in [5, 5.41) is 0. The predicted octanol–water partition coefficient (Wildman–Crippen LogP) is 2.23. The van der Waals surface area contributed by atoms with Gasteiger partial charge in [-0.1, -0.05) is 0 Å². The summed E-state index contributed by atoms with van der Waals surface area (Å²) in [6.45, 7) is 3.45. The number of nitrogens with zero attached hydrogens (tertiary/aromatic N) is 1. The van der Waals surface area contributed by atoms with E-state index >= 15 is 0 Å². The molecule has 1 aliphatic rings. The molecule has 1 aromatic heterocycles. The molecule has 2 heterocycles. The summed E-state index contributed by atoms with van der Waals surface area (Å²) in [5.74, 6) is 2.29. The first-order valence-electron chi connectivity index (χ1n) is 4.41. The van der Waals surface area contributed by atoms with Crippen molar-refractivity contribution in [1.82, 2.24) is 4.98 Å². The lowest BCUT2D eigenvalue weighted by Crippen LogP contribution is -1.97. The fraction of sp³-hybridized carbons (Fsp3) is 0.667. The summed E-state index contributed by atoms with van der Waals surface area (Å²) in [7, 11) is 0. The topological polar surface area (TPSA) is 35.3 Å². The molecule has 0 amide bonds. The largest absolute Gasteiger partial charge is 0.444 e. The molecule has 1 atom stereocenters. The molecule has 13 heavy (non-hydrogen) atoms. The maximum absolute atomic E-state index is 5.69. The molecule has 1 unspecified atom stereocenters. The summed E-state index contributed by atoms with van der Waals surface area (Å²) in [5.41, 5.74) is 0.900. The molecule has 0 radical (unpaired) electrons. The highest BCUT2D eigenvalue weighted by Gasteiger charge is 2.23. The molecule has 1 aliphatic heterocycles. The van der Waals surface area contributed by atoms with Gasteiger partial charge in [0.15, 0.2) is 5.89 Å². The Bertz CT molecular complexity index is 292. The van der Waals surface area contributed by atoms with Gasteiger partial charge >= 0.3 is 0 Å². The molecule has 0 spiro atoms. The van der Waals surface area contributed by atoms with E-state index < -0.39 is 0 Å². The van der Waals surface area contributed by atoms with Crippen LogP contribution in [0.15, 0.2) is 4.42 Å². The number of ether oxygens (including phenoxy) is 1. The molecule has 0 aliphatic carbocycles. The Balaban J connectivity index is 2.20. The van der Waals surface area contributed by atoms with Crippen LogP contribution in [0.2, 0.25) is 0 Å². The molecule has 1 saturated heterocycles. The van der Waals surface area contributed by atoms with Crippen LogP contribution in [0.25, 0.3) is 0 Å². The van der Waals surface area contributed by atoms with Crippen LogP contribution >= 0.6 is 11.6 Å². The second-order valence-electron chi connectivity index (χ2n) is 3.25. The first kappa shape index (κ1) is 9.03. The molecule has 4 heteroatoms. The van der Waals surface area contributed by atoms with Crippen molar-refractivity contribution in [3.8, 4) is 0 Å². The molecule has 1 fully saturated rings. The minimum absolute atomic E-state index is 0.329. The minimum atomic E-state index is 0.329. The number of rotatable bonds is 2. The Morgan fingerprint density at radius 3 is 3.00 bits per heavy atom. The summed E-state index contributed by atoms with van der Waals surface area (Å²) in [6.07, 6.45) is 1.00. The quantitative estimate of drug-likeness (QED) is 0.689. The molecule has 72 valence electrons. The zero-order chi connectivity index (χ0) is 9.26. The molecule has 0 N–H and O–H groups in total. The zero-order valence-corrected chi connectivity index (χ0v) is 8.30. The van der Waals surface area contributed by atoms with Gasteiger partial charge in [0.25, 0.3) is 0 Å². The lowest BCUT2D eigenvalue weighted by molar-refractivity contribution is 0.190. The van der Waals surface area contributed by atoms with Crippen LogP contribution in [-0.2, 0) is 10.6 Å². The van der Waals surface area contributed by atoms with Gasteiger partial charge in [0, 0.05) is 6.61 Å². The van der Waals surface area contributed by atoms with Crippen LogP contribution in [0.5, 0.6) is 0 Å². The van der Waals surface area contributed by atoms with Crippen molar-refractivity contribution in [3.63, 3.8) is 0 Å². The van der Waals surface area contributed by atoms with Crippen LogP contribution in [0.3, 0.4) is 0 Å². The van der Waals surface area contributed by atoms with Crippen molar-refractivity contribution in [3.05, 3.63) is 17.3 Å². The van der Waals surface area contributed by atoms with Gasteiger partial charge < -0.3 is 9.15 Å². The fourth-order valence-electron chi connectivity index (χ4n) is 1.48. The Kier molecular flexibility index (Phi) is 2.56. The van der Waals surface area contributed by atoms with Crippen molar-refractivity contribution in [2.75, 3.05) is 13.2 Å². The maximum atomic E-state index is 5.69. The third-order valence-corrected chi connectivity index (χ3v) is 2.55. The number of oxazole rings is 1. The summed E-state index contributed by atoms with van der Waals surface area (Å²) in [4.78, 5) is 4.33. The van der Waals surface area contributed by atoms with Gasteiger partial charge in [0.05, 0.1) is 24.1 Å². The predicted molar refractivity (Wildman–Crippen MR) is 49.0 cm³/mol. The van der Waals surface area contributed by atoms with Gasteiger partial charge in [-0.15, -0.1) is 11.6 Å². The number of alkyl halides is 1. The van der Waals surface area contributed by atoms with Crippen molar-refractivity contribution in [1.29, 1.82) is 0 Å². The molecule has 3 nitrogen and oxygen atoms in total. The summed E-state index contributed by atoms with van der Waals surface area (Å²) < 4.78 is 10.8. The second kappa shape index (κ2) is 3.68. The SMILES string of the molecule is Cc1nc(C2CCOC2)oc1CCl. The first-order valence-corrected chi connectivity index (χ1v) is 4.94. The van der Waals surface area contributed by atoms with Crippen LogP contribution < -0.4 is 0 Å². The first-order chi connectivity index (χ1) is 6.31. The molecule has 1 aromatic rings. The Labute approximate surface area is 82.0 Å². The van der Waals surface area contributed by atoms with E-state index in [-0.39, 0.29) is 0 Å². The average molecular weight is 202 g/mol. The third kappa shape index (κ3) is 1.71. The van der Waals surface area contributed by atoms with Gasteiger partial charge in [-0.2, -0.15) is 0 Å². The van der Waals surface area contributed by atoms with E-state index in [4.69, 9.17) is 20.8 Å². The normalized spacial score (nSPS) is 22.5. The van der Waals surface area contributed by atoms with Crippen LogP contribution in [0, 0.1) is 6.92 Å². The van der Waals surface area contributed by atoms with Crippen LogP contribution in [0.4, 0.5) is 0 Å². The standard InChI is InChI=1S/C9H12ClNO2/c1-6-8(4-10)13-9(11-6)7-2-3-12-5-7/h7H,2-5H2,1H3. The van der Waals surface area contributed by atoms with Crippen LogP contribution in [0.1, 0.15) is 29.7 Å². The van der Waals surface area contributed by atoms with Crippen LogP contribution in [-0.4, -0.2) is 18.2 Å². The average Bonchev–Trinajstić information content (AvgIpc) is 2.71. The molecule has 0 saturated carbocycles. The summed E-state index contributed by atoms with van der Waals surface area (Å²) >= 11 is 5.69. The number of hydrogen-bond donors (Lipinski definition) is 0. The van der Waals surface area contributed by atoms with Gasteiger partial charge in [0.1, 0.15) is 5.76 Å². The summed E-state index contributed by atoms with van der Waals surface area (Å²) in [6, 6.07) is 0.